The zero-order valence-electron chi connectivity index (χ0n) is 9.11. The Morgan fingerprint density at radius 2 is 2.19 bits per heavy atom. The van der Waals surface area contributed by atoms with E-state index in [9.17, 15) is 4.79 Å². The smallest absolute Gasteiger partial charge is 0.224 e. The number of hydrogen-bond acceptors (Lipinski definition) is 3. The van der Waals surface area contributed by atoms with E-state index < -0.39 is 0 Å². The SMILES string of the molecule is Nc1ccc(CC(=O)NC2CCOC2)cc1. The summed E-state index contributed by atoms with van der Waals surface area (Å²) in [6.45, 7) is 1.38. The third kappa shape index (κ3) is 2.97. The van der Waals surface area contributed by atoms with E-state index in [4.69, 9.17) is 10.5 Å². The van der Waals surface area contributed by atoms with Crippen molar-refractivity contribution in [1.82, 2.24) is 5.32 Å². The van der Waals surface area contributed by atoms with Gasteiger partial charge in [-0.2, -0.15) is 0 Å². The Morgan fingerprint density at radius 3 is 2.81 bits per heavy atom. The number of nitrogens with two attached hydrogens (primary N) is 1. The summed E-state index contributed by atoms with van der Waals surface area (Å²) >= 11 is 0. The zero-order chi connectivity index (χ0) is 11.4. The summed E-state index contributed by atoms with van der Waals surface area (Å²) in [5.74, 6) is 0.0419. The summed E-state index contributed by atoms with van der Waals surface area (Å²) in [4.78, 5) is 11.7. The summed E-state index contributed by atoms with van der Waals surface area (Å²) in [6, 6.07) is 7.55. The van der Waals surface area contributed by atoms with E-state index in [1.807, 2.05) is 12.1 Å². The molecule has 1 aliphatic heterocycles. The first-order chi connectivity index (χ1) is 7.74. The molecule has 0 bridgehead atoms. The lowest BCUT2D eigenvalue weighted by Gasteiger charge is -2.10. The lowest BCUT2D eigenvalue weighted by molar-refractivity contribution is -0.121. The van der Waals surface area contributed by atoms with Gasteiger partial charge in [-0.15, -0.1) is 0 Å². The Balaban J connectivity index is 1.84. The third-order valence-electron chi connectivity index (χ3n) is 2.64. The molecule has 16 heavy (non-hydrogen) atoms. The fourth-order valence-electron chi connectivity index (χ4n) is 1.75. The Morgan fingerprint density at radius 1 is 1.44 bits per heavy atom. The second-order valence-electron chi connectivity index (χ2n) is 4.05. The minimum Gasteiger partial charge on any atom is -0.399 e. The fraction of sp³-hybridized carbons (Fsp3) is 0.417. The first-order valence-electron chi connectivity index (χ1n) is 5.45. The molecular weight excluding hydrogens is 204 g/mol. The number of amides is 1. The maximum absolute atomic E-state index is 11.7. The van der Waals surface area contributed by atoms with Gasteiger partial charge in [0.2, 0.25) is 5.91 Å². The van der Waals surface area contributed by atoms with Crippen LogP contribution in [0.4, 0.5) is 5.69 Å². The predicted octanol–water partition coefficient (Wildman–Crippen LogP) is 0.716. The second kappa shape index (κ2) is 4.99. The van der Waals surface area contributed by atoms with Gasteiger partial charge >= 0.3 is 0 Å². The van der Waals surface area contributed by atoms with Gasteiger partial charge in [-0.3, -0.25) is 4.79 Å². The molecule has 1 heterocycles. The van der Waals surface area contributed by atoms with Crippen LogP contribution in [0.5, 0.6) is 0 Å². The maximum Gasteiger partial charge on any atom is 0.224 e. The summed E-state index contributed by atoms with van der Waals surface area (Å²) in [5, 5.41) is 2.95. The number of hydrogen-bond donors (Lipinski definition) is 2. The van der Waals surface area contributed by atoms with Crippen LogP contribution in [0, 0.1) is 0 Å². The Labute approximate surface area is 94.8 Å². The van der Waals surface area contributed by atoms with Crippen LogP contribution < -0.4 is 11.1 Å². The molecule has 0 spiro atoms. The molecule has 1 aromatic rings. The number of anilines is 1. The Hall–Kier alpha value is -1.55. The highest BCUT2D eigenvalue weighted by atomic mass is 16.5. The van der Waals surface area contributed by atoms with Crippen LogP contribution >= 0.6 is 0 Å². The van der Waals surface area contributed by atoms with Gasteiger partial charge in [-0.25, -0.2) is 0 Å². The van der Waals surface area contributed by atoms with E-state index >= 15 is 0 Å². The highest BCUT2D eigenvalue weighted by Gasteiger charge is 2.17. The summed E-state index contributed by atoms with van der Waals surface area (Å²) < 4.78 is 5.19. The quantitative estimate of drug-likeness (QED) is 0.738. The average Bonchev–Trinajstić information content (AvgIpc) is 2.74. The molecule has 0 aliphatic carbocycles. The highest BCUT2D eigenvalue weighted by Crippen LogP contribution is 2.07. The molecular formula is C12H16N2O2. The van der Waals surface area contributed by atoms with Crippen molar-refractivity contribution in [3.63, 3.8) is 0 Å². The Bertz CT molecular complexity index is 356. The molecule has 1 atom stereocenters. The molecule has 1 amide bonds. The van der Waals surface area contributed by atoms with Gasteiger partial charge < -0.3 is 15.8 Å². The summed E-state index contributed by atoms with van der Waals surface area (Å²) in [5.41, 5.74) is 7.27. The van der Waals surface area contributed by atoms with Crippen molar-refractivity contribution in [2.24, 2.45) is 0 Å². The number of nitrogen functional groups attached to an aromatic ring is 1. The first-order valence-corrected chi connectivity index (χ1v) is 5.45. The standard InChI is InChI=1S/C12H16N2O2/c13-10-3-1-9(2-4-10)7-12(15)14-11-5-6-16-8-11/h1-4,11H,5-8,13H2,(H,14,15). The van der Waals surface area contributed by atoms with Gasteiger partial charge in [-0.1, -0.05) is 12.1 Å². The maximum atomic E-state index is 11.7. The van der Waals surface area contributed by atoms with Crippen LogP contribution in [0.25, 0.3) is 0 Å². The minimum absolute atomic E-state index is 0.0419. The zero-order valence-corrected chi connectivity index (χ0v) is 9.11. The van der Waals surface area contributed by atoms with E-state index in [1.165, 1.54) is 0 Å². The van der Waals surface area contributed by atoms with Crippen molar-refractivity contribution in [3.05, 3.63) is 29.8 Å². The first kappa shape index (κ1) is 11.0. The van der Waals surface area contributed by atoms with Gasteiger partial charge in [-0.05, 0) is 24.1 Å². The van der Waals surface area contributed by atoms with Crippen LogP contribution in [0.3, 0.4) is 0 Å². The molecule has 0 radical (unpaired) electrons. The van der Waals surface area contributed by atoms with Gasteiger partial charge in [0, 0.05) is 12.3 Å². The molecule has 1 fully saturated rings. The Kier molecular flexibility index (Phi) is 3.41. The molecule has 1 aromatic carbocycles. The lowest BCUT2D eigenvalue weighted by Crippen LogP contribution is -2.35. The van der Waals surface area contributed by atoms with E-state index in [1.54, 1.807) is 12.1 Å². The number of carbonyl (C=O) groups excluding carboxylic acids is 1. The van der Waals surface area contributed by atoms with Crippen LogP contribution in [0.1, 0.15) is 12.0 Å². The summed E-state index contributed by atoms with van der Waals surface area (Å²) in [6.07, 6.45) is 1.31. The third-order valence-corrected chi connectivity index (χ3v) is 2.64. The molecule has 2 rings (SSSR count). The van der Waals surface area contributed by atoms with Crippen molar-refractivity contribution in [3.8, 4) is 0 Å². The van der Waals surface area contributed by atoms with Crippen LogP contribution in [-0.4, -0.2) is 25.2 Å². The van der Waals surface area contributed by atoms with Gasteiger partial charge in [0.1, 0.15) is 0 Å². The highest BCUT2D eigenvalue weighted by molar-refractivity contribution is 5.79. The molecule has 86 valence electrons. The van der Waals surface area contributed by atoms with E-state index in [0.29, 0.717) is 18.7 Å². The number of nitrogens with one attached hydrogen (secondary N) is 1. The predicted molar refractivity (Wildman–Crippen MR) is 61.9 cm³/mol. The van der Waals surface area contributed by atoms with E-state index in [2.05, 4.69) is 5.32 Å². The van der Waals surface area contributed by atoms with Crippen molar-refractivity contribution in [1.29, 1.82) is 0 Å². The summed E-state index contributed by atoms with van der Waals surface area (Å²) in [7, 11) is 0. The molecule has 0 saturated carbocycles. The molecule has 1 unspecified atom stereocenters. The lowest BCUT2D eigenvalue weighted by atomic mass is 10.1. The number of benzene rings is 1. The second-order valence-corrected chi connectivity index (χ2v) is 4.05. The van der Waals surface area contributed by atoms with E-state index in [-0.39, 0.29) is 11.9 Å². The molecule has 3 N–H and O–H groups in total. The van der Waals surface area contributed by atoms with Crippen molar-refractivity contribution >= 4 is 11.6 Å². The largest absolute Gasteiger partial charge is 0.399 e. The van der Waals surface area contributed by atoms with Crippen LogP contribution in [0.2, 0.25) is 0 Å². The van der Waals surface area contributed by atoms with Gasteiger partial charge in [0.15, 0.2) is 0 Å². The molecule has 1 aliphatic rings. The van der Waals surface area contributed by atoms with Crippen LogP contribution in [0.15, 0.2) is 24.3 Å². The molecule has 0 aromatic heterocycles. The van der Waals surface area contributed by atoms with Crippen molar-refractivity contribution < 1.29 is 9.53 Å². The topological polar surface area (TPSA) is 64.4 Å². The molecule has 1 saturated heterocycles. The monoisotopic (exact) mass is 220 g/mol. The minimum atomic E-state index is 0.0419. The normalized spacial score (nSPS) is 19.6. The average molecular weight is 220 g/mol. The van der Waals surface area contributed by atoms with Gasteiger partial charge in [0.05, 0.1) is 19.1 Å². The van der Waals surface area contributed by atoms with Crippen LogP contribution in [-0.2, 0) is 16.0 Å². The van der Waals surface area contributed by atoms with Gasteiger partial charge in [0.25, 0.3) is 0 Å². The fourth-order valence-corrected chi connectivity index (χ4v) is 1.75. The number of rotatable bonds is 3. The number of carbonyl (C=O) groups is 1. The van der Waals surface area contributed by atoms with E-state index in [0.717, 1.165) is 18.6 Å². The van der Waals surface area contributed by atoms with Crippen molar-refractivity contribution in [2.45, 2.75) is 18.9 Å². The molecule has 4 heteroatoms. The molecule has 4 nitrogen and oxygen atoms in total. The van der Waals surface area contributed by atoms with Crippen molar-refractivity contribution in [2.75, 3.05) is 18.9 Å². The number of ether oxygens (including phenoxy) is 1.